The summed E-state index contributed by atoms with van der Waals surface area (Å²) >= 11 is 0. The molecule has 1 atom stereocenters. The molecule has 1 aliphatic rings. The number of nitriles is 1. The molecule has 0 bridgehead atoms. The minimum Gasteiger partial charge on any atom is -0.368 e. The van der Waals surface area contributed by atoms with E-state index in [-0.39, 0.29) is 12.0 Å². The van der Waals surface area contributed by atoms with Crippen LogP contribution in [0.2, 0.25) is 0 Å². The number of fused-ring (bicyclic) bond motifs is 1. The van der Waals surface area contributed by atoms with Gasteiger partial charge < -0.3 is 25.8 Å². The maximum atomic E-state index is 9.53. The van der Waals surface area contributed by atoms with Crippen LogP contribution in [0.4, 0.5) is 17.5 Å². The van der Waals surface area contributed by atoms with Crippen LogP contribution in [0.15, 0.2) is 18.3 Å². The third-order valence-electron chi connectivity index (χ3n) is 5.55. The number of aryl methyl sites for hydroxylation is 2. The van der Waals surface area contributed by atoms with E-state index in [0.29, 0.717) is 23.1 Å². The number of nitrogens with two attached hydrogens (primary N) is 1. The quantitative estimate of drug-likeness (QED) is 0.601. The van der Waals surface area contributed by atoms with Gasteiger partial charge in [0.25, 0.3) is 0 Å². The average Bonchev–Trinajstić information content (AvgIpc) is 2.99. The number of nitrogens with one attached hydrogen (secondary N) is 2. The predicted molar refractivity (Wildman–Crippen MR) is 114 cm³/mol. The zero-order valence-electron chi connectivity index (χ0n) is 17.1. The van der Waals surface area contributed by atoms with Gasteiger partial charge in [0.05, 0.1) is 40.2 Å². The van der Waals surface area contributed by atoms with E-state index in [1.165, 1.54) is 0 Å². The molecule has 1 unspecified atom stereocenters. The van der Waals surface area contributed by atoms with Crippen molar-refractivity contribution in [3.05, 3.63) is 35.3 Å². The van der Waals surface area contributed by atoms with Gasteiger partial charge >= 0.3 is 0 Å². The Morgan fingerprint density at radius 2 is 2.14 bits per heavy atom. The number of nitrogens with zero attached hydrogens (tertiary/aromatic N) is 6. The van der Waals surface area contributed by atoms with E-state index in [4.69, 9.17) is 10.7 Å². The van der Waals surface area contributed by atoms with Crippen molar-refractivity contribution >= 4 is 28.5 Å². The summed E-state index contributed by atoms with van der Waals surface area (Å²) < 4.78 is 2.07. The SMILES string of the molecule is Cc1nc(N)nc(NC(C)c2nc3ccn(C)c3cc2N(C)C2CNC2)c1C#N. The minimum atomic E-state index is -0.189. The van der Waals surface area contributed by atoms with E-state index in [1.807, 2.05) is 26.2 Å². The number of nitrogen functional groups attached to an aromatic ring is 1. The van der Waals surface area contributed by atoms with Gasteiger partial charge in [-0.2, -0.15) is 10.2 Å². The Balaban J connectivity index is 1.77. The van der Waals surface area contributed by atoms with Crippen molar-refractivity contribution in [2.24, 2.45) is 7.05 Å². The molecule has 150 valence electrons. The van der Waals surface area contributed by atoms with Crippen LogP contribution in [0, 0.1) is 18.3 Å². The third-order valence-corrected chi connectivity index (χ3v) is 5.55. The molecule has 4 N–H and O–H groups in total. The lowest BCUT2D eigenvalue weighted by Crippen LogP contribution is -2.56. The highest BCUT2D eigenvalue weighted by Gasteiger charge is 2.27. The highest BCUT2D eigenvalue weighted by Crippen LogP contribution is 2.32. The van der Waals surface area contributed by atoms with Crippen molar-refractivity contribution in [1.29, 1.82) is 5.26 Å². The molecule has 9 nitrogen and oxygen atoms in total. The molecule has 0 aromatic carbocycles. The highest BCUT2D eigenvalue weighted by molar-refractivity contribution is 5.81. The number of rotatable bonds is 5. The van der Waals surface area contributed by atoms with Crippen molar-refractivity contribution < 1.29 is 0 Å². The normalized spacial score (nSPS) is 15.0. The first-order valence-electron chi connectivity index (χ1n) is 9.59. The second-order valence-electron chi connectivity index (χ2n) is 7.52. The average molecular weight is 391 g/mol. The molecular formula is C20H25N9. The largest absolute Gasteiger partial charge is 0.368 e. The smallest absolute Gasteiger partial charge is 0.222 e. The summed E-state index contributed by atoms with van der Waals surface area (Å²) in [6, 6.07) is 6.59. The van der Waals surface area contributed by atoms with Gasteiger partial charge in [-0.3, -0.25) is 0 Å². The fourth-order valence-electron chi connectivity index (χ4n) is 3.64. The molecule has 9 heteroatoms. The number of hydrogen-bond donors (Lipinski definition) is 3. The fourth-order valence-corrected chi connectivity index (χ4v) is 3.64. The molecule has 0 amide bonds. The molecule has 0 radical (unpaired) electrons. The number of pyridine rings is 1. The molecule has 29 heavy (non-hydrogen) atoms. The van der Waals surface area contributed by atoms with Gasteiger partial charge in [-0.1, -0.05) is 0 Å². The van der Waals surface area contributed by atoms with Gasteiger partial charge in [-0.25, -0.2) is 9.97 Å². The summed E-state index contributed by atoms with van der Waals surface area (Å²) in [5, 5.41) is 16.2. The molecule has 4 rings (SSSR count). The molecule has 4 heterocycles. The van der Waals surface area contributed by atoms with E-state index in [0.717, 1.165) is 35.5 Å². The van der Waals surface area contributed by atoms with Gasteiger partial charge in [-0.15, -0.1) is 0 Å². The summed E-state index contributed by atoms with van der Waals surface area (Å²) in [7, 11) is 4.12. The maximum absolute atomic E-state index is 9.53. The standard InChI is InChI=1S/C20H25N9/c1-11-14(8-21)19(27-20(22)25-11)24-12(2)18-17(29(4)13-9-23-10-13)7-16-15(26-18)5-6-28(16)3/h5-7,12-13,23H,9-10H2,1-4H3,(H3,22,24,25,27). The lowest BCUT2D eigenvalue weighted by Gasteiger charge is -2.38. The van der Waals surface area contributed by atoms with Crippen LogP contribution < -0.4 is 21.3 Å². The Hall–Kier alpha value is -3.38. The molecule has 3 aromatic rings. The topological polar surface area (TPSA) is 121 Å². The molecule has 1 fully saturated rings. The van der Waals surface area contributed by atoms with E-state index < -0.39 is 0 Å². The monoisotopic (exact) mass is 391 g/mol. The molecular weight excluding hydrogens is 366 g/mol. The minimum absolute atomic E-state index is 0.139. The van der Waals surface area contributed by atoms with E-state index in [1.54, 1.807) is 6.92 Å². The lowest BCUT2D eigenvalue weighted by molar-refractivity contribution is 0.427. The summed E-state index contributed by atoms with van der Waals surface area (Å²) in [5.74, 6) is 0.569. The van der Waals surface area contributed by atoms with Gasteiger partial charge in [0, 0.05) is 33.4 Å². The van der Waals surface area contributed by atoms with Crippen LogP contribution >= 0.6 is 0 Å². The first kappa shape index (κ1) is 19.0. The fraction of sp³-hybridized carbons (Fsp3) is 0.400. The van der Waals surface area contributed by atoms with Crippen molar-refractivity contribution in [3.8, 4) is 6.07 Å². The van der Waals surface area contributed by atoms with Gasteiger partial charge in [0.1, 0.15) is 17.5 Å². The highest BCUT2D eigenvalue weighted by atomic mass is 15.2. The van der Waals surface area contributed by atoms with E-state index in [9.17, 15) is 5.26 Å². The first-order chi connectivity index (χ1) is 13.9. The Kier molecular flexibility index (Phi) is 4.72. The zero-order chi connectivity index (χ0) is 20.7. The van der Waals surface area contributed by atoms with Crippen LogP contribution in [0.5, 0.6) is 0 Å². The Morgan fingerprint density at radius 3 is 2.79 bits per heavy atom. The molecule has 0 spiro atoms. The van der Waals surface area contributed by atoms with Crippen molar-refractivity contribution in [2.45, 2.75) is 25.9 Å². The van der Waals surface area contributed by atoms with E-state index >= 15 is 0 Å². The number of likely N-dealkylation sites (N-methyl/N-ethyl adjacent to an activating group) is 1. The molecule has 0 aliphatic carbocycles. The zero-order valence-corrected chi connectivity index (χ0v) is 17.1. The van der Waals surface area contributed by atoms with Crippen molar-refractivity contribution in [2.75, 3.05) is 36.1 Å². The van der Waals surface area contributed by atoms with Crippen LogP contribution in [0.1, 0.15) is 29.9 Å². The Morgan fingerprint density at radius 1 is 1.38 bits per heavy atom. The second-order valence-corrected chi connectivity index (χ2v) is 7.52. The molecule has 0 saturated carbocycles. The predicted octanol–water partition coefficient (Wildman–Crippen LogP) is 1.71. The number of anilines is 3. The first-order valence-corrected chi connectivity index (χ1v) is 9.59. The van der Waals surface area contributed by atoms with Gasteiger partial charge in [0.15, 0.2) is 0 Å². The lowest BCUT2D eigenvalue weighted by atomic mass is 10.1. The molecule has 1 aliphatic heterocycles. The van der Waals surface area contributed by atoms with Crippen LogP contribution in [0.25, 0.3) is 11.0 Å². The summed E-state index contributed by atoms with van der Waals surface area (Å²) in [6.45, 7) is 5.66. The second kappa shape index (κ2) is 7.22. The maximum Gasteiger partial charge on any atom is 0.222 e. The Bertz CT molecular complexity index is 1110. The van der Waals surface area contributed by atoms with E-state index in [2.05, 4.69) is 49.3 Å². The number of aromatic nitrogens is 4. The van der Waals surface area contributed by atoms with Crippen LogP contribution in [0.3, 0.4) is 0 Å². The van der Waals surface area contributed by atoms with Crippen molar-refractivity contribution in [1.82, 2.24) is 24.8 Å². The summed E-state index contributed by atoms with van der Waals surface area (Å²) in [6.07, 6.45) is 2.01. The number of hydrogen-bond acceptors (Lipinski definition) is 8. The Labute approximate surface area is 169 Å². The van der Waals surface area contributed by atoms with Crippen molar-refractivity contribution in [3.63, 3.8) is 0 Å². The molecule has 3 aromatic heterocycles. The molecule has 1 saturated heterocycles. The van der Waals surface area contributed by atoms with Gasteiger partial charge in [0.2, 0.25) is 5.95 Å². The summed E-state index contributed by atoms with van der Waals surface area (Å²) in [5.41, 5.74) is 10.7. The third kappa shape index (κ3) is 3.32. The summed E-state index contributed by atoms with van der Waals surface area (Å²) in [4.78, 5) is 15.6. The van der Waals surface area contributed by atoms with Crippen LogP contribution in [-0.4, -0.2) is 45.7 Å². The van der Waals surface area contributed by atoms with Crippen LogP contribution in [-0.2, 0) is 7.05 Å². The van der Waals surface area contributed by atoms with Gasteiger partial charge in [-0.05, 0) is 26.0 Å².